The van der Waals surface area contributed by atoms with Crippen LogP contribution in [0.25, 0.3) is 0 Å². The first-order valence-electron chi connectivity index (χ1n) is 5.39. The van der Waals surface area contributed by atoms with E-state index in [0.717, 1.165) is 19.1 Å². The van der Waals surface area contributed by atoms with Gasteiger partial charge in [-0.05, 0) is 19.3 Å². The van der Waals surface area contributed by atoms with E-state index in [1.807, 2.05) is 30.4 Å². The van der Waals surface area contributed by atoms with Crippen molar-refractivity contribution in [3.63, 3.8) is 0 Å². The summed E-state index contributed by atoms with van der Waals surface area (Å²) < 4.78 is 0. The fourth-order valence-corrected chi connectivity index (χ4v) is 1.03. The van der Waals surface area contributed by atoms with Gasteiger partial charge in [0, 0.05) is 12.8 Å². The third-order valence-electron chi connectivity index (χ3n) is 1.82. The highest BCUT2D eigenvalue weighted by atomic mass is 16.4. The van der Waals surface area contributed by atoms with Crippen molar-refractivity contribution in [2.24, 2.45) is 0 Å². The van der Waals surface area contributed by atoms with Gasteiger partial charge in [0.15, 0.2) is 0 Å². The summed E-state index contributed by atoms with van der Waals surface area (Å²) in [5.74, 6) is -0.742. The van der Waals surface area contributed by atoms with E-state index < -0.39 is 5.97 Å². The maximum Gasteiger partial charge on any atom is 0.303 e. The van der Waals surface area contributed by atoms with Gasteiger partial charge in [0.1, 0.15) is 6.29 Å². The molecule has 0 saturated carbocycles. The summed E-state index contributed by atoms with van der Waals surface area (Å²) >= 11 is 0. The summed E-state index contributed by atoms with van der Waals surface area (Å²) in [5.41, 5.74) is 0. The van der Waals surface area contributed by atoms with E-state index in [1.165, 1.54) is 0 Å². The van der Waals surface area contributed by atoms with Crippen LogP contribution in [0.15, 0.2) is 36.5 Å². The lowest BCUT2D eigenvalue weighted by Crippen LogP contribution is -1.92. The lowest BCUT2D eigenvalue weighted by Gasteiger charge is -1.89. The summed E-state index contributed by atoms with van der Waals surface area (Å²) in [5, 5.41) is 8.39. The standard InChI is InChI=1S/C13H18O3/c14-12-10-8-6-4-2-1-3-5-7-9-11-13(15)16/h2-6,8,12H,1,7,9-11H2,(H,15,16)/b4-2-,5-3-,8-6+. The van der Waals surface area contributed by atoms with Crippen LogP contribution in [0, 0.1) is 0 Å². The molecule has 0 aromatic heterocycles. The maximum atomic E-state index is 10.2. The summed E-state index contributed by atoms with van der Waals surface area (Å²) in [6.07, 6.45) is 15.4. The first-order valence-corrected chi connectivity index (χ1v) is 5.39. The van der Waals surface area contributed by atoms with Crippen LogP contribution in [0.1, 0.15) is 32.1 Å². The third-order valence-corrected chi connectivity index (χ3v) is 1.82. The first-order chi connectivity index (χ1) is 7.77. The van der Waals surface area contributed by atoms with E-state index in [1.54, 1.807) is 6.08 Å². The number of aliphatic carboxylic acids is 1. The van der Waals surface area contributed by atoms with E-state index in [0.29, 0.717) is 12.8 Å². The molecule has 0 aliphatic heterocycles. The SMILES string of the molecule is O=CC/C=C/C=C\C/C=C\CCCC(=O)O. The largest absolute Gasteiger partial charge is 0.481 e. The Morgan fingerprint density at radius 1 is 1.00 bits per heavy atom. The molecule has 0 spiro atoms. The van der Waals surface area contributed by atoms with E-state index in [2.05, 4.69) is 0 Å². The molecule has 16 heavy (non-hydrogen) atoms. The highest BCUT2D eigenvalue weighted by Gasteiger charge is 1.92. The van der Waals surface area contributed by atoms with Crippen molar-refractivity contribution < 1.29 is 14.7 Å². The van der Waals surface area contributed by atoms with Crippen LogP contribution in [0.4, 0.5) is 0 Å². The number of carbonyl (C=O) groups excluding carboxylic acids is 1. The molecule has 0 amide bonds. The Hall–Kier alpha value is -1.64. The normalized spacial score (nSPS) is 11.8. The molecule has 3 nitrogen and oxygen atoms in total. The zero-order valence-electron chi connectivity index (χ0n) is 9.34. The van der Waals surface area contributed by atoms with Gasteiger partial charge in [-0.25, -0.2) is 0 Å². The quantitative estimate of drug-likeness (QED) is 0.282. The zero-order valence-corrected chi connectivity index (χ0v) is 9.34. The molecule has 1 N–H and O–H groups in total. The van der Waals surface area contributed by atoms with E-state index in [4.69, 9.17) is 5.11 Å². The van der Waals surface area contributed by atoms with Gasteiger partial charge >= 0.3 is 5.97 Å². The summed E-state index contributed by atoms with van der Waals surface area (Å²) in [7, 11) is 0. The molecule has 0 bridgehead atoms. The van der Waals surface area contributed by atoms with E-state index in [-0.39, 0.29) is 6.42 Å². The van der Waals surface area contributed by atoms with Crippen molar-refractivity contribution >= 4 is 12.3 Å². The van der Waals surface area contributed by atoms with Gasteiger partial charge in [-0.3, -0.25) is 4.79 Å². The van der Waals surface area contributed by atoms with Crippen molar-refractivity contribution in [3.05, 3.63) is 36.5 Å². The van der Waals surface area contributed by atoms with Gasteiger partial charge in [0.05, 0.1) is 0 Å². The topological polar surface area (TPSA) is 54.4 Å². The smallest absolute Gasteiger partial charge is 0.303 e. The number of carboxylic acid groups (broad SMARTS) is 1. The van der Waals surface area contributed by atoms with Crippen LogP contribution >= 0.6 is 0 Å². The third kappa shape index (κ3) is 12.4. The maximum absolute atomic E-state index is 10.2. The molecule has 0 fully saturated rings. The molecule has 88 valence electrons. The second-order valence-corrected chi connectivity index (χ2v) is 3.25. The molecule has 0 heterocycles. The minimum atomic E-state index is -0.742. The molecule has 0 aliphatic rings. The number of rotatable bonds is 9. The van der Waals surface area contributed by atoms with Crippen LogP contribution in [-0.2, 0) is 9.59 Å². The van der Waals surface area contributed by atoms with Gasteiger partial charge in [0.2, 0.25) is 0 Å². The van der Waals surface area contributed by atoms with Crippen molar-refractivity contribution in [1.29, 1.82) is 0 Å². The predicted octanol–water partition coefficient (Wildman–Crippen LogP) is 2.89. The molecular weight excluding hydrogens is 204 g/mol. The lowest BCUT2D eigenvalue weighted by molar-refractivity contribution is -0.137. The number of aldehydes is 1. The fraction of sp³-hybridized carbons (Fsp3) is 0.385. The summed E-state index contributed by atoms with van der Waals surface area (Å²) in [4.78, 5) is 20.2. The molecule has 0 unspecified atom stereocenters. The highest BCUT2D eigenvalue weighted by Crippen LogP contribution is 1.97. The second kappa shape index (κ2) is 11.4. The number of carboxylic acids is 1. The average molecular weight is 222 g/mol. The Labute approximate surface area is 96.2 Å². The Balaban J connectivity index is 3.39. The highest BCUT2D eigenvalue weighted by molar-refractivity contribution is 5.66. The number of hydrogen-bond donors (Lipinski definition) is 1. The number of carbonyl (C=O) groups is 2. The molecule has 0 atom stereocenters. The van der Waals surface area contributed by atoms with Gasteiger partial charge in [0.25, 0.3) is 0 Å². The average Bonchev–Trinajstić information content (AvgIpc) is 2.25. The van der Waals surface area contributed by atoms with Crippen molar-refractivity contribution in [1.82, 2.24) is 0 Å². The number of unbranched alkanes of at least 4 members (excludes halogenated alkanes) is 1. The Bertz CT molecular complexity index is 275. The van der Waals surface area contributed by atoms with Gasteiger partial charge < -0.3 is 9.90 Å². The van der Waals surface area contributed by atoms with E-state index >= 15 is 0 Å². The van der Waals surface area contributed by atoms with Crippen LogP contribution in [-0.4, -0.2) is 17.4 Å². The molecule has 0 aromatic carbocycles. The number of allylic oxidation sites excluding steroid dienone is 6. The second-order valence-electron chi connectivity index (χ2n) is 3.25. The number of hydrogen-bond acceptors (Lipinski definition) is 2. The summed E-state index contributed by atoms with van der Waals surface area (Å²) in [6, 6.07) is 0. The Morgan fingerprint density at radius 3 is 2.31 bits per heavy atom. The minimum Gasteiger partial charge on any atom is -0.481 e. The molecule has 0 rings (SSSR count). The van der Waals surface area contributed by atoms with Crippen LogP contribution in [0.3, 0.4) is 0 Å². The van der Waals surface area contributed by atoms with Crippen LogP contribution in [0.2, 0.25) is 0 Å². The molecule has 3 heteroatoms. The molecule has 0 aliphatic carbocycles. The Morgan fingerprint density at radius 2 is 1.69 bits per heavy atom. The molecule has 0 radical (unpaired) electrons. The lowest BCUT2D eigenvalue weighted by atomic mass is 10.2. The zero-order chi connectivity index (χ0) is 12.1. The van der Waals surface area contributed by atoms with Gasteiger partial charge in [-0.15, -0.1) is 0 Å². The first kappa shape index (κ1) is 14.4. The van der Waals surface area contributed by atoms with Crippen molar-refractivity contribution in [2.45, 2.75) is 32.1 Å². The molecule has 0 saturated heterocycles. The minimum absolute atomic E-state index is 0.231. The van der Waals surface area contributed by atoms with E-state index in [9.17, 15) is 9.59 Å². The molecular formula is C13H18O3. The van der Waals surface area contributed by atoms with Gasteiger partial charge in [-0.2, -0.15) is 0 Å². The van der Waals surface area contributed by atoms with Crippen LogP contribution < -0.4 is 0 Å². The molecule has 0 aromatic rings. The predicted molar refractivity (Wildman–Crippen MR) is 64.2 cm³/mol. The summed E-state index contributed by atoms with van der Waals surface area (Å²) in [6.45, 7) is 0. The van der Waals surface area contributed by atoms with Crippen molar-refractivity contribution in [3.8, 4) is 0 Å². The fourth-order valence-electron chi connectivity index (χ4n) is 1.03. The Kier molecular flexibility index (Phi) is 10.3. The monoisotopic (exact) mass is 222 g/mol. The van der Waals surface area contributed by atoms with Gasteiger partial charge in [-0.1, -0.05) is 36.5 Å². The van der Waals surface area contributed by atoms with Crippen LogP contribution in [0.5, 0.6) is 0 Å². The van der Waals surface area contributed by atoms with Crippen molar-refractivity contribution in [2.75, 3.05) is 0 Å².